The van der Waals surface area contributed by atoms with Crippen LogP contribution in [0.2, 0.25) is 0 Å². The number of aromatic nitrogens is 4. The molecule has 174 valence electrons. The number of nitrogens with one attached hydrogen (secondary N) is 1. The zero-order valence-electron chi connectivity index (χ0n) is 19.0. The lowest BCUT2D eigenvalue weighted by Crippen LogP contribution is -2.57. The molecule has 6 rings (SSSR count). The van der Waals surface area contributed by atoms with Gasteiger partial charge in [-0.3, -0.25) is 10.1 Å². The van der Waals surface area contributed by atoms with Gasteiger partial charge in [-0.15, -0.1) is 0 Å². The number of nitrogens with zero attached hydrogens (tertiary/aromatic N) is 4. The fourth-order valence-electron chi connectivity index (χ4n) is 4.95. The van der Waals surface area contributed by atoms with Gasteiger partial charge < -0.3 is 20.1 Å². The zero-order valence-corrected chi connectivity index (χ0v) is 19.0. The third kappa shape index (κ3) is 3.62. The number of nitrogens with two attached hydrogens (primary N) is 1. The standard InChI is InChI=1S/C25H26N6O3/c1-14-8-16(2-5-27-14)22-19-9-17-11-28-30-21(17)10-20(19)24(34-18-12-31(13-18)25(26)32)29-23(22)15-3-6-33-7-4-15/h2,5,8-11,15,18H,3-4,6-7,12-13H2,1H3,(H2,26,32)(H,28,30). The number of carbonyl (C=O) groups excluding carboxylic acids is 1. The summed E-state index contributed by atoms with van der Waals surface area (Å²) >= 11 is 0. The molecular weight excluding hydrogens is 432 g/mol. The molecule has 34 heavy (non-hydrogen) atoms. The monoisotopic (exact) mass is 458 g/mol. The zero-order chi connectivity index (χ0) is 23.2. The molecule has 0 unspecified atom stereocenters. The minimum absolute atomic E-state index is 0.141. The maximum atomic E-state index is 11.4. The normalized spacial score (nSPS) is 17.3. The number of benzene rings is 1. The molecule has 0 spiro atoms. The molecule has 3 aromatic heterocycles. The number of carbonyl (C=O) groups is 1. The molecule has 2 aliphatic rings. The van der Waals surface area contributed by atoms with E-state index in [0.29, 0.717) is 32.2 Å². The van der Waals surface area contributed by atoms with Crippen molar-refractivity contribution in [2.24, 2.45) is 5.73 Å². The molecule has 9 nitrogen and oxygen atoms in total. The molecular formula is C25H26N6O3. The van der Waals surface area contributed by atoms with Gasteiger partial charge in [0.05, 0.1) is 30.5 Å². The van der Waals surface area contributed by atoms with Gasteiger partial charge in [-0.05, 0) is 55.0 Å². The number of hydrogen-bond acceptors (Lipinski definition) is 6. The van der Waals surface area contributed by atoms with Crippen LogP contribution in [-0.4, -0.2) is 63.5 Å². The second-order valence-corrected chi connectivity index (χ2v) is 9.09. The molecule has 0 atom stereocenters. The SMILES string of the molecule is Cc1cc(-c2c(C3CCOCC3)nc(OC3CN(C(N)=O)C3)c3cc4[nH]ncc4cc23)ccn1. The summed E-state index contributed by atoms with van der Waals surface area (Å²) in [6, 6.07) is 7.94. The number of aromatic amines is 1. The van der Waals surface area contributed by atoms with Gasteiger partial charge in [-0.25, -0.2) is 9.78 Å². The molecule has 0 saturated carbocycles. The Morgan fingerprint density at radius 2 is 2.03 bits per heavy atom. The van der Waals surface area contributed by atoms with E-state index >= 15 is 0 Å². The Kier molecular flexibility index (Phi) is 5.06. The molecule has 2 aliphatic heterocycles. The minimum atomic E-state index is -0.428. The van der Waals surface area contributed by atoms with E-state index in [1.54, 1.807) is 4.90 Å². The van der Waals surface area contributed by atoms with E-state index in [9.17, 15) is 4.79 Å². The van der Waals surface area contributed by atoms with E-state index in [-0.39, 0.29) is 12.0 Å². The molecule has 2 saturated heterocycles. The van der Waals surface area contributed by atoms with Crippen molar-refractivity contribution in [3.05, 3.63) is 48.0 Å². The van der Waals surface area contributed by atoms with Gasteiger partial charge in [-0.2, -0.15) is 5.10 Å². The van der Waals surface area contributed by atoms with Crippen molar-refractivity contribution in [1.29, 1.82) is 0 Å². The van der Waals surface area contributed by atoms with Gasteiger partial charge in [-0.1, -0.05) is 0 Å². The molecule has 0 radical (unpaired) electrons. The Labute approximate surface area is 196 Å². The van der Waals surface area contributed by atoms with E-state index < -0.39 is 6.03 Å². The van der Waals surface area contributed by atoms with Crippen LogP contribution in [-0.2, 0) is 4.74 Å². The van der Waals surface area contributed by atoms with Crippen molar-refractivity contribution in [2.75, 3.05) is 26.3 Å². The van der Waals surface area contributed by atoms with Crippen LogP contribution in [0.5, 0.6) is 5.88 Å². The van der Waals surface area contributed by atoms with Crippen molar-refractivity contribution in [1.82, 2.24) is 25.1 Å². The number of aryl methyl sites for hydroxylation is 1. The Morgan fingerprint density at radius 3 is 2.79 bits per heavy atom. The van der Waals surface area contributed by atoms with E-state index in [1.165, 1.54) is 0 Å². The van der Waals surface area contributed by atoms with Crippen LogP contribution in [0.15, 0.2) is 36.7 Å². The van der Waals surface area contributed by atoms with E-state index in [4.69, 9.17) is 20.2 Å². The van der Waals surface area contributed by atoms with Crippen LogP contribution >= 0.6 is 0 Å². The maximum Gasteiger partial charge on any atom is 0.315 e. The molecule has 5 heterocycles. The van der Waals surface area contributed by atoms with E-state index in [2.05, 4.69) is 33.4 Å². The van der Waals surface area contributed by atoms with Crippen LogP contribution in [0.4, 0.5) is 4.79 Å². The van der Waals surface area contributed by atoms with Gasteiger partial charge in [0.1, 0.15) is 6.10 Å². The van der Waals surface area contributed by atoms with Gasteiger partial charge in [0.15, 0.2) is 0 Å². The van der Waals surface area contributed by atoms with Crippen LogP contribution in [0.3, 0.4) is 0 Å². The lowest BCUT2D eigenvalue weighted by Gasteiger charge is -2.37. The number of ether oxygens (including phenoxy) is 2. The Bertz CT molecular complexity index is 1390. The van der Waals surface area contributed by atoms with Crippen molar-refractivity contribution < 1.29 is 14.3 Å². The van der Waals surface area contributed by atoms with E-state index in [0.717, 1.165) is 57.0 Å². The first-order valence-corrected chi connectivity index (χ1v) is 11.6. The molecule has 0 bridgehead atoms. The molecule has 1 aromatic carbocycles. The highest BCUT2D eigenvalue weighted by molar-refractivity contribution is 6.06. The maximum absolute atomic E-state index is 11.4. The Balaban J connectivity index is 1.56. The number of primary amides is 1. The van der Waals surface area contributed by atoms with Gasteiger partial charge in [0, 0.05) is 47.4 Å². The highest BCUT2D eigenvalue weighted by Crippen LogP contribution is 2.43. The van der Waals surface area contributed by atoms with Crippen molar-refractivity contribution in [3.63, 3.8) is 0 Å². The fourth-order valence-corrected chi connectivity index (χ4v) is 4.95. The lowest BCUT2D eigenvalue weighted by molar-refractivity contribution is 0.0452. The van der Waals surface area contributed by atoms with Gasteiger partial charge in [0.25, 0.3) is 0 Å². The highest BCUT2D eigenvalue weighted by atomic mass is 16.5. The first-order valence-electron chi connectivity index (χ1n) is 11.6. The second kappa shape index (κ2) is 8.25. The predicted molar refractivity (Wildman–Crippen MR) is 128 cm³/mol. The summed E-state index contributed by atoms with van der Waals surface area (Å²) in [6.45, 7) is 4.35. The third-order valence-electron chi connectivity index (χ3n) is 6.79. The number of H-pyrrole nitrogens is 1. The van der Waals surface area contributed by atoms with E-state index in [1.807, 2.05) is 25.4 Å². The predicted octanol–water partition coefficient (Wildman–Crippen LogP) is 3.52. The molecule has 4 aromatic rings. The third-order valence-corrected chi connectivity index (χ3v) is 6.79. The summed E-state index contributed by atoms with van der Waals surface area (Å²) in [6.07, 6.45) is 5.35. The molecule has 9 heteroatoms. The number of pyridine rings is 2. The van der Waals surface area contributed by atoms with Crippen LogP contribution in [0, 0.1) is 6.92 Å². The van der Waals surface area contributed by atoms with Crippen LogP contribution in [0.25, 0.3) is 32.8 Å². The number of likely N-dealkylation sites (tertiary alicyclic amines) is 1. The fraction of sp³-hybridized carbons (Fsp3) is 0.360. The van der Waals surface area contributed by atoms with Crippen molar-refractivity contribution >= 4 is 27.7 Å². The van der Waals surface area contributed by atoms with Gasteiger partial charge in [0.2, 0.25) is 5.88 Å². The van der Waals surface area contributed by atoms with Crippen LogP contribution < -0.4 is 10.5 Å². The summed E-state index contributed by atoms with van der Waals surface area (Å²) in [7, 11) is 0. The first kappa shape index (κ1) is 20.9. The quantitative estimate of drug-likeness (QED) is 0.483. The number of rotatable bonds is 4. The number of amides is 2. The largest absolute Gasteiger partial charge is 0.470 e. The topological polar surface area (TPSA) is 119 Å². The summed E-state index contributed by atoms with van der Waals surface area (Å²) in [5, 5.41) is 10.3. The Morgan fingerprint density at radius 1 is 1.21 bits per heavy atom. The molecule has 0 aliphatic carbocycles. The Hall–Kier alpha value is -3.72. The smallest absolute Gasteiger partial charge is 0.315 e. The summed E-state index contributed by atoms with van der Waals surface area (Å²) < 4.78 is 12.0. The molecule has 2 amide bonds. The number of fused-ring (bicyclic) bond motifs is 2. The summed E-state index contributed by atoms with van der Waals surface area (Å²) in [4.78, 5) is 22.6. The summed E-state index contributed by atoms with van der Waals surface area (Å²) in [5.74, 6) is 0.837. The molecule has 2 fully saturated rings. The highest BCUT2D eigenvalue weighted by Gasteiger charge is 2.33. The van der Waals surface area contributed by atoms with Crippen LogP contribution in [0.1, 0.15) is 30.1 Å². The molecule has 3 N–H and O–H groups in total. The number of urea groups is 1. The summed E-state index contributed by atoms with van der Waals surface area (Å²) in [5.41, 5.74) is 10.5. The van der Waals surface area contributed by atoms with Gasteiger partial charge >= 0.3 is 6.03 Å². The minimum Gasteiger partial charge on any atom is -0.470 e. The number of hydrogen-bond donors (Lipinski definition) is 2. The van der Waals surface area contributed by atoms with Crippen molar-refractivity contribution in [3.8, 4) is 17.0 Å². The lowest BCUT2D eigenvalue weighted by atomic mass is 9.87. The average molecular weight is 459 g/mol. The second-order valence-electron chi connectivity index (χ2n) is 9.09. The first-order chi connectivity index (χ1) is 16.6. The van der Waals surface area contributed by atoms with Crippen molar-refractivity contribution in [2.45, 2.75) is 31.8 Å². The average Bonchev–Trinajstić information content (AvgIpc) is 3.27.